The smallest absolute Gasteiger partial charge is 0.224 e. The highest BCUT2D eigenvalue weighted by atomic mass is 16.2. The van der Waals surface area contributed by atoms with Crippen LogP contribution in [0, 0.1) is 18.8 Å². The van der Waals surface area contributed by atoms with Gasteiger partial charge < -0.3 is 10.2 Å². The molecule has 0 unspecified atom stereocenters. The number of amides is 1. The molecule has 1 saturated carbocycles. The molecule has 2 aromatic heterocycles. The molecule has 1 N–H and O–H groups in total. The molecule has 1 amide bonds. The van der Waals surface area contributed by atoms with Gasteiger partial charge in [0.1, 0.15) is 5.82 Å². The lowest BCUT2D eigenvalue weighted by molar-refractivity contribution is -0.117. The summed E-state index contributed by atoms with van der Waals surface area (Å²) >= 11 is 0. The summed E-state index contributed by atoms with van der Waals surface area (Å²) in [5, 5.41) is 3.59. The molecule has 130 valence electrons. The highest BCUT2D eigenvalue weighted by Crippen LogP contribution is 2.49. The van der Waals surface area contributed by atoms with Gasteiger partial charge in [0.2, 0.25) is 5.91 Å². The summed E-state index contributed by atoms with van der Waals surface area (Å²) in [5.41, 5.74) is 2.86. The Hall–Kier alpha value is -2.43. The number of fused-ring (bicyclic) bond motifs is 1. The zero-order valence-corrected chi connectivity index (χ0v) is 14.9. The average Bonchev–Trinajstić information content (AvgIpc) is 3.41. The lowest BCUT2D eigenvalue weighted by Gasteiger charge is -2.45. The van der Waals surface area contributed by atoms with E-state index in [-0.39, 0.29) is 23.9 Å². The first-order valence-electron chi connectivity index (χ1n) is 9.01. The molecule has 3 heterocycles. The van der Waals surface area contributed by atoms with Crippen LogP contribution in [0.1, 0.15) is 44.1 Å². The summed E-state index contributed by atoms with van der Waals surface area (Å²) in [6.45, 7) is 5.88. The quantitative estimate of drug-likeness (QED) is 0.928. The lowest BCUT2D eigenvalue weighted by atomic mass is 9.82. The van der Waals surface area contributed by atoms with Crippen molar-refractivity contribution in [2.45, 2.75) is 45.7 Å². The topological polar surface area (TPSA) is 58.1 Å². The normalized spacial score (nSPS) is 25.4. The first kappa shape index (κ1) is 16.1. The Bertz CT molecular complexity index is 802. The second-order valence-corrected chi connectivity index (χ2v) is 7.27. The molecule has 0 saturated heterocycles. The third-order valence-electron chi connectivity index (χ3n) is 5.37. The maximum atomic E-state index is 12.4. The van der Waals surface area contributed by atoms with Crippen LogP contribution in [-0.4, -0.2) is 21.9 Å². The Balaban J connectivity index is 1.77. The number of hydrogen-bond acceptors (Lipinski definition) is 4. The Morgan fingerprint density at radius 1 is 1.24 bits per heavy atom. The van der Waals surface area contributed by atoms with Crippen LogP contribution in [0.15, 0.2) is 36.5 Å². The number of nitrogens with one attached hydrogen (secondary N) is 1. The molecule has 4 rings (SSSR count). The van der Waals surface area contributed by atoms with E-state index < -0.39 is 0 Å². The first-order valence-corrected chi connectivity index (χ1v) is 9.01. The number of hydrogen-bond donors (Lipinski definition) is 1. The second-order valence-electron chi connectivity index (χ2n) is 7.27. The van der Waals surface area contributed by atoms with Crippen LogP contribution < -0.4 is 10.2 Å². The van der Waals surface area contributed by atoms with E-state index >= 15 is 0 Å². The summed E-state index contributed by atoms with van der Waals surface area (Å²) in [4.78, 5) is 23.6. The lowest BCUT2D eigenvalue weighted by Crippen LogP contribution is -2.51. The Morgan fingerprint density at radius 3 is 2.72 bits per heavy atom. The SMILES string of the molecule is CC(=O)N1c2cccnc2[C@H](Nc2cccc(C)n2)[C@@H](C)[C@@H]1C1CC1. The van der Waals surface area contributed by atoms with Gasteiger partial charge in [-0.15, -0.1) is 0 Å². The van der Waals surface area contributed by atoms with Gasteiger partial charge in [-0.1, -0.05) is 13.0 Å². The van der Waals surface area contributed by atoms with E-state index in [2.05, 4.69) is 22.2 Å². The van der Waals surface area contributed by atoms with Crippen LogP contribution in [-0.2, 0) is 4.79 Å². The maximum Gasteiger partial charge on any atom is 0.224 e. The molecule has 1 aliphatic carbocycles. The number of pyridine rings is 2. The number of carbonyl (C=O) groups is 1. The number of rotatable bonds is 3. The van der Waals surface area contributed by atoms with Gasteiger partial charge in [-0.2, -0.15) is 0 Å². The molecule has 5 heteroatoms. The predicted octanol–water partition coefficient (Wildman–Crippen LogP) is 3.72. The van der Waals surface area contributed by atoms with Gasteiger partial charge in [0.25, 0.3) is 0 Å². The van der Waals surface area contributed by atoms with Crippen LogP contribution in [0.2, 0.25) is 0 Å². The van der Waals surface area contributed by atoms with Crippen molar-refractivity contribution in [3.63, 3.8) is 0 Å². The van der Waals surface area contributed by atoms with Crippen molar-refractivity contribution >= 4 is 17.4 Å². The summed E-state index contributed by atoms with van der Waals surface area (Å²) in [5.74, 6) is 1.81. The van der Waals surface area contributed by atoms with E-state index in [0.717, 1.165) is 22.9 Å². The van der Waals surface area contributed by atoms with Crippen molar-refractivity contribution < 1.29 is 4.79 Å². The van der Waals surface area contributed by atoms with Crippen molar-refractivity contribution in [3.05, 3.63) is 47.9 Å². The first-order chi connectivity index (χ1) is 12.1. The van der Waals surface area contributed by atoms with Crippen LogP contribution >= 0.6 is 0 Å². The maximum absolute atomic E-state index is 12.4. The Labute approximate surface area is 148 Å². The van der Waals surface area contributed by atoms with E-state index in [1.165, 1.54) is 12.8 Å². The molecule has 2 aromatic rings. The molecule has 5 nitrogen and oxygen atoms in total. The molecule has 2 aliphatic rings. The average molecular weight is 336 g/mol. The largest absolute Gasteiger partial charge is 0.361 e. The highest BCUT2D eigenvalue weighted by Gasteiger charge is 2.48. The number of aryl methyl sites for hydroxylation is 1. The fraction of sp³-hybridized carbons (Fsp3) is 0.450. The van der Waals surface area contributed by atoms with E-state index in [9.17, 15) is 4.79 Å². The van der Waals surface area contributed by atoms with E-state index in [4.69, 9.17) is 0 Å². The minimum atomic E-state index is 0.0479. The van der Waals surface area contributed by atoms with E-state index in [1.807, 2.05) is 42.2 Å². The third-order valence-corrected chi connectivity index (χ3v) is 5.37. The third kappa shape index (κ3) is 2.88. The van der Waals surface area contributed by atoms with Crippen molar-refractivity contribution in [2.24, 2.45) is 11.8 Å². The highest BCUT2D eigenvalue weighted by molar-refractivity contribution is 5.93. The van der Waals surface area contributed by atoms with E-state index in [1.54, 1.807) is 13.1 Å². The van der Waals surface area contributed by atoms with Gasteiger partial charge in [0.15, 0.2) is 0 Å². The fourth-order valence-electron chi connectivity index (χ4n) is 4.13. The minimum Gasteiger partial charge on any atom is -0.361 e. The van der Waals surface area contributed by atoms with Crippen LogP contribution in [0.25, 0.3) is 0 Å². The van der Waals surface area contributed by atoms with Gasteiger partial charge in [-0.3, -0.25) is 9.78 Å². The molecular weight excluding hydrogens is 312 g/mol. The summed E-state index contributed by atoms with van der Waals surface area (Å²) in [6.07, 6.45) is 4.20. The fourth-order valence-corrected chi connectivity index (χ4v) is 4.13. The predicted molar refractivity (Wildman–Crippen MR) is 98.4 cm³/mol. The second kappa shape index (κ2) is 6.14. The minimum absolute atomic E-state index is 0.0479. The summed E-state index contributed by atoms with van der Waals surface area (Å²) < 4.78 is 0. The number of anilines is 2. The van der Waals surface area contributed by atoms with Crippen LogP contribution in [0.5, 0.6) is 0 Å². The number of carbonyl (C=O) groups excluding carboxylic acids is 1. The zero-order chi connectivity index (χ0) is 17.6. The zero-order valence-electron chi connectivity index (χ0n) is 14.9. The van der Waals surface area contributed by atoms with Crippen molar-refractivity contribution in [2.75, 3.05) is 10.2 Å². The van der Waals surface area contributed by atoms with E-state index in [0.29, 0.717) is 5.92 Å². The molecule has 0 aromatic carbocycles. The molecule has 1 fully saturated rings. The van der Waals surface area contributed by atoms with Gasteiger partial charge in [-0.05, 0) is 49.9 Å². The Kier molecular flexibility index (Phi) is 3.94. The monoisotopic (exact) mass is 336 g/mol. The van der Waals surface area contributed by atoms with Gasteiger partial charge in [0, 0.05) is 30.8 Å². The van der Waals surface area contributed by atoms with Gasteiger partial charge >= 0.3 is 0 Å². The van der Waals surface area contributed by atoms with Crippen molar-refractivity contribution in [1.82, 2.24) is 9.97 Å². The van der Waals surface area contributed by atoms with Crippen molar-refractivity contribution in [3.8, 4) is 0 Å². The number of nitrogens with zero attached hydrogens (tertiary/aromatic N) is 3. The molecule has 1 aliphatic heterocycles. The van der Waals surface area contributed by atoms with Crippen LogP contribution in [0.3, 0.4) is 0 Å². The summed E-state index contributed by atoms with van der Waals surface area (Å²) in [6, 6.07) is 10.2. The Morgan fingerprint density at radius 2 is 2.04 bits per heavy atom. The molecule has 3 atom stereocenters. The summed E-state index contributed by atoms with van der Waals surface area (Å²) in [7, 11) is 0. The molecule has 0 spiro atoms. The standard InChI is InChI=1S/C20H24N4O/c1-12-6-4-8-17(22-12)23-18-13(2)20(15-9-10-15)24(14(3)25)16-7-5-11-21-19(16)18/h4-8,11,13,15,18,20H,9-10H2,1-3H3,(H,22,23)/t13-,18-,20-/m1/s1. The van der Waals surface area contributed by atoms with Gasteiger partial charge in [0.05, 0.1) is 17.4 Å². The van der Waals surface area contributed by atoms with Crippen molar-refractivity contribution in [1.29, 1.82) is 0 Å². The molecule has 0 radical (unpaired) electrons. The van der Waals surface area contributed by atoms with Gasteiger partial charge in [-0.25, -0.2) is 4.98 Å². The van der Waals surface area contributed by atoms with Crippen LogP contribution in [0.4, 0.5) is 11.5 Å². The number of aromatic nitrogens is 2. The molecular formula is C20H24N4O. The molecule has 0 bridgehead atoms. The molecule has 25 heavy (non-hydrogen) atoms.